The van der Waals surface area contributed by atoms with Gasteiger partial charge in [-0.1, -0.05) is 20.3 Å². The van der Waals surface area contributed by atoms with Crippen LogP contribution in [0.5, 0.6) is 0 Å². The first-order chi connectivity index (χ1) is 7.13. The van der Waals surface area contributed by atoms with E-state index in [9.17, 15) is 5.11 Å². The fraction of sp³-hybridized carbons (Fsp3) is 0.583. The van der Waals surface area contributed by atoms with Crippen LogP contribution in [0.1, 0.15) is 39.0 Å². The standard InChI is InChI=1S/C12H19NOS/c1-4-9(2)8-15-11-5-6-12(10(3)14)13-7-11/h5-7,9-10,14H,4,8H2,1-3H3. The van der Waals surface area contributed by atoms with Crippen molar-refractivity contribution < 1.29 is 5.11 Å². The molecule has 0 aliphatic heterocycles. The molecule has 84 valence electrons. The van der Waals surface area contributed by atoms with E-state index in [1.54, 1.807) is 6.92 Å². The van der Waals surface area contributed by atoms with Gasteiger partial charge in [-0.05, 0) is 25.0 Å². The normalized spacial score (nSPS) is 14.9. The Morgan fingerprint density at radius 1 is 1.40 bits per heavy atom. The van der Waals surface area contributed by atoms with Crippen molar-refractivity contribution in [2.45, 2.75) is 38.2 Å². The molecule has 1 N–H and O–H groups in total. The molecule has 2 atom stereocenters. The van der Waals surface area contributed by atoms with Gasteiger partial charge in [0.2, 0.25) is 0 Å². The lowest BCUT2D eigenvalue weighted by molar-refractivity contribution is 0.194. The summed E-state index contributed by atoms with van der Waals surface area (Å²) in [5.74, 6) is 1.87. The van der Waals surface area contributed by atoms with Crippen LogP contribution in [0, 0.1) is 5.92 Å². The summed E-state index contributed by atoms with van der Waals surface area (Å²) in [4.78, 5) is 5.39. The molecular weight excluding hydrogens is 206 g/mol. The molecule has 1 aromatic rings. The van der Waals surface area contributed by atoms with E-state index in [4.69, 9.17) is 0 Å². The minimum absolute atomic E-state index is 0.474. The fourth-order valence-corrected chi connectivity index (χ4v) is 2.08. The van der Waals surface area contributed by atoms with Crippen molar-refractivity contribution in [3.63, 3.8) is 0 Å². The van der Waals surface area contributed by atoms with E-state index < -0.39 is 6.10 Å². The molecule has 0 amide bonds. The maximum Gasteiger partial charge on any atom is 0.0931 e. The van der Waals surface area contributed by atoms with Gasteiger partial charge in [-0.25, -0.2) is 0 Å². The molecule has 1 heterocycles. The van der Waals surface area contributed by atoms with Crippen LogP contribution in [-0.4, -0.2) is 15.8 Å². The molecule has 0 saturated heterocycles. The van der Waals surface area contributed by atoms with Crippen LogP contribution < -0.4 is 0 Å². The molecule has 15 heavy (non-hydrogen) atoms. The number of rotatable bonds is 5. The van der Waals surface area contributed by atoms with E-state index in [1.165, 1.54) is 11.3 Å². The topological polar surface area (TPSA) is 33.1 Å². The molecule has 1 rings (SSSR count). The van der Waals surface area contributed by atoms with Crippen molar-refractivity contribution in [2.24, 2.45) is 5.92 Å². The summed E-state index contributed by atoms with van der Waals surface area (Å²) in [7, 11) is 0. The highest BCUT2D eigenvalue weighted by molar-refractivity contribution is 7.99. The molecule has 0 bridgehead atoms. The molecular formula is C12H19NOS. The smallest absolute Gasteiger partial charge is 0.0931 e. The first kappa shape index (κ1) is 12.5. The predicted octanol–water partition coefficient (Wildman–Crippen LogP) is 3.27. The van der Waals surface area contributed by atoms with Gasteiger partial charge in [0.15, 0.2) is 0 Å². The maximum atomic E-state index is 9.30. The third kappa shape index (κ3) is 4.22. The second-order valence-electron chi connectivity index (χ2n) is 3.92. The Balaban J connectivity index is 2.50. The number of thioether (sulfide) groups is 1. The van der Waals surface area contributed by atoms with Crippen LogP contribution in [0.4, 0.5) is 0 Å². The Labute approximate surface area is 96.1 Å². The number of aromatic nitrogens is 1. The van der Waals surface area contributed by atoms with Gasteiger partial charge in [0.25, 0.3) is 0 Å². The summed E-state index contributed by atoms with van der Waals surface area (Å²) < 4.78 is 0. The van der Waals surface area contributed by atoms with Crippen LogP contribution in [0.2, 0.25) is 0 Å². The van der Waals surface area contributed by atoms with Gasteiger partial charge in [0.1, 0.15) is 0 Å². The van der Waals surface area contributed by atoms with Crippen LogP contribution >= 0.6 is 11.8 Å². The summed E-state index contributed by atoms with van der Waals surface area (Å²) in [6.45, 7) is 6.19. The van der Waals surface area contributed by atoms with Crippen LogP contribution in [0.25, 0.3) is 0 Å². The minimum atomic E-state index is -0.474. The Morgan fingerprint density at radius 3 is 2.60 bits per heavy atom. The zero-order chi connectivity index (χ0) is 11.3. The Hall–Kier alpha value is -0.540. The molecule has 0 radical (unpaired) electrons. The van der Waals surface area contributed by atoms with Gasteiger partial charge in [0, 0.05) is 16.8 Å². The SMILES string of the molecule is CCC(C)CSc1ccc(C(C)O)nc1. The van der Waals surface area contributed by atoms with Gasteiger partial charge in [-0.15, -0.1) is 11.8 Å². The van der Waals surface area contributed by atoms with E-state index in [1.807, 2.05) is 30.1 Å². The van der Waals surface area contributed by atoms with Crippen molar-refractivity contribution in [1.29, 1.82) is 0 Å². The monoisotopic (exact) mass is 225 g/mol. The zero-order valence-corrected chi connectivity index (χ0v) is 10.4. The van der Waals surface area contributed by atoms with Gasteiger partial charge in [0.05, 0.1) is 11.8 Å². The molecule has 1 aromatic heterocycles. The van der Waals surface area contributed by atoms with E-state index in [-0.39, 0.29) is 0 Å². The molecule has 3 heteroatoms. The number of hydrogen-bond acceptors (Lipinski definition) is 3. The summed E-state index contributed by atoms with van der Waals surface area (Å²) in [6.07, 6.45) is 2.58. The van der Waals surface area contributed by atoms with E-state index in [0.29, 0.717) is 0 Å². The Bertz CT molecular complexity index is 284. The third-order valence-electron chi connectivity index (χ3n) is 2.42. The largest absolute Gasteiger partial charge is 0.387 e. The summed E-state index contributed by atoms with van der Waals surface area (Å²) in [5, 5.41) is 9.30. The fourth-order valence-electron chi connectivity index (χ4n) is 1.08. The highest BCUT2D eigenvalue weighted by atomic mass is 32.2. The highest BCUT2D eigenvalue weighted by Crippen LogP contribution is 2.22. The lowest BCUT2D eigenvalue weighted by Gasteiger charge is -2.08. The van der Waals surface area contributed by atoms with E-state index in [2.05, 4.69) is 18.8 Å². The number of hydrogen-bond donors (Lipinski definition) is 1. The Morgan fingerprint density at radius 2 is 2.13 bits per heavy atom. The first-order valence-electron chi connectivity index (χ1n) is 5.40. The zero-order valence-electron chi connectivity index (χ0n) is 9.60. The van der Waals surface area contributed by atoms with Crippen LogP contribution in [0.3, 0.4) is 0 Å². The summed E-state index contributed by atoms with van der Waals surface area (Å²) >= 11 is 1.83. The van der Waals surface area contributed by atoms with Crippen molar-refractivity contribution >= 4 is 11.8 Å². The minimum Gasteiger partial charge on any atom is -0.387 e. The lowest BCUT2D eigenvalue weighted by atomic mass is 10.2. The predicted molar refractivity (Wildman–Crippen MR) is 65.0 cm³/mol. The van der Waals surface area contributed by atoms with Crippen molar-refractivity contribution in [1.82, 2.24) is 4.98 Å². The quantitative estimate of drug-likeness (QED) is 0.781. The second-order valence-corrected chi connectivity index (χ2v) is 5.01. The van der Waals surface area contributed by atoms with Crippen molar-refractivity contribution in [2.75, 3.05) is 5.75 Å². The second kappa shape index (κ2) is 6.13. The lowest BCUT2D eigenvalue weighted by Crippen LogP contribution is -1.97. The average Bonchev–Trinajstić information content (AvgIpc) is 2.26. The molecule has 2 unspecified atom stereocenters. The first-order valence-corrected chi connectivity index (χ1v) is 6.38. The van der Waals surface area contributed by atoms with Crippen molar-refractivity contribution in [3.8, 4) is 0 Å². The van der Waals surface area contributed by atoms with Crippen LogP contribution in [0.15, 0.2) is 23.2 Å². The van der Waals surface area contributed by atoms with E-state index in [0.717, 1.165) is 17.4 Å². The number of aliphatic hydroxyl groups is 1. The number of nitrogens with zero attached hydrogens (tertiary/aromatic N) is 1. The maximum absolute atomic E-state index is 9.30. The van der Waals surface area contributed by atoms with Gasteiger partial charge in [-0.3, -0.25) is 4.98 Å². The third-order valence-corrected chi connectivity index (χ3v) is 3.73. The molecule has 0 spiro atoms. The molecule has 0 aromatic carbocycles. The molecule has 2 nitrogen and oxygen atoms in total. The van der Waals surface area contributed by atoms with Gasteiger partial charge in [-0.2, -0.15) is 0 Å². The van der Waals surface area contributed by atoms with E-state index >= 15 is 0 Å². The van der Waals surface area contributed by atoms with Crippen LogP contribution in [-0.2, 0) is 0 Å². The molecule has 0 aliphatic carbocycles. The highest BCUT2D eigenvalue weighted by Gasteiger charge is 2.03. The number of pyridine rings is 1. The molecule has 0 aliphatic rings. The summed E-state index contributed by atoms with van der Waals surface area (Å²) in [6, 6.07) is 3.92. The number of aliphatic hydroxyl groups excluding tert-OH is 1. The van der Waals surface area contributed by atoms with Gasteiger partial charge < -0.3 is 5.11 Å². The van der Waals surface area contributed by atoms with Crippen molar-refractivity contribution in [3.05, 3.63) is 24.0 Å². The molecule has 0 fully saturated rings. The summed E-state index contributed by atoms with van der Waals surface area (Å²) in [5.41, 5.74) is 0.739. The molecule has 0 saturated carbocycles. The van der Waals surface area contributed by atoms with Gasteiger partial charge >= 0.3 is 0 Å². The Kier molecular flexibility index (Phi) is 5.12. The average molecular weight is 225 g/mol.